The molecule has 0 saturated carbocycles. The molecule has 0 bridgehead atoms. The average molecular weight is 240 g/mol. The van der Waals surface area contributed by atoms with E-state index in [0.717, 1.165) is 24.8 Å². The molecule has 0 spiro atoms. The van der Waals surface area contributed by atoms with Crippen molar-refractivity contribution in [2.45, 2.75) is 18.3 Å². The van der Waals surface area contributed by atoms with Crippen molar-refractivity contribution in [3.05, 3.63) is 34.9 Å². The van der Waals surface area contributed by atoms with E-state index in [4.69, 9.17) is 16.3 Å². The third kappa shape index (κ3) is 2.40. The molecule has 3 heteroatoms. The van der Waals surface area contributed by atoms with Crippen LogP contribution in [0.4, 0.5) is 0 Å². The van der Waals surface area contributed by atoms with Crippen molar-refractivity contribution < 1.29 is 4.74 Å². The lowest BCUT2D eigenvalue weighted by Crippen LogP contribution is -2.47. The van der Waals surface area contributed by atoms with Crippen LogP contribution in [0.5, 0.6) is 0 Å². The lowest BCUT2D eigenvalue weighted by atomic mass is 9.75. The van der Waals surface area contributed by atoms with Crippen LogP contribution in [-0.2, 0) is 10.2 Å². The fraction of sp³-hybridized carbons (Fsp3) is 0.538. The van der Waals surface area contributed by atoms with E-state index in [9.17, 15) is 0 Å². The van der Waals surface area contributed by atoms with Gasteiger partial charge < -0.3 is 10.1 Å². The van der Waals surface area contributed by atoms with E-state index in [0.29, 0.717) is 0 Å². The summed E-state index contributed by atoms with van der Waals surface area (Å²) in [6.45, 7) is 2.76. The smallest absolute Gasteiger partial charge is 0.0585 e. The summed E-state index contributed by atoms with van der Waals surface area (Å²) in [5, 5.41) is 3.99. The predicted octanol–water partition coefficient (Wildman–Crippen LogP) is 2.61. The minimum absolute atomic E-state index is 0.238. The second-order valence-electron chi connectivity index (χ2n) is 4.49. The largest absolute Gasteiger partial charge is 0.379 e. The maximum atomic E-state index is 5.91. The van der Waals surface area contributed by atoms with Crippen molar-refractivity contribution in [1.82, 2.24) is 5.32 Å². The van der Waals surface area contributed by atoms with Crippen LogP contribution in [-0.4, -0.2) is 26.8 Å². The highest BCUT2D eigenvalue weighted by Gasteiger charge is 2.39. The summed E-state index contributed by atoms with van der Waals surface area (Å²) in [4.78, 5) is 0. The standard InChI is InChI=1S/C13H18ClNO/c1-15-8-2-7-13(9-16-10-13)11-3-5-12(14)6-4-11/h3-6,15H,2,7-10H2,1H3. The average Bonchev–Trinajstić information content (AvgIpc) is 2.24. The Hall–Kier alpha value is -0.570. The molecular weight excluding hydrogens is 222 g/mol. The van der Waals surface area contributed by atoms with Crippen molar-refractivity contribution >= 4 is 11.6 Å². The highest BCUT2D eigenvalue weighted by Crippen LogP contribution is 2.37. The molecule has 0 amide bonds. The summed E-state index contributed by atoms with van der Waals surface area (Å²) in [5.74, 6) is 0. The van der Waals surface area contributed by atoms with Crippen LogP contribution in [0.2, 0.25) is 5.02 Å². The van der Waals surface area contributed by atoms with Crippen molar-refractivity contribution in [2.75, 3.05) is 26.8 Å². The zero-order chi connectivity index (χ0) is 11.4. The lowest BCUT2D eigenvalue weighted by molar-refractivity contribution is -0.0650. The molecule has 1 saturated heterocycles. The Balaban J connectivity index is 2.05. The van der Waals surface area contributed by atoms with Crippen molar-refractivity contribution in [2.24, 2.45) is 0 Å². The zero-order valence-electron chi connectivity index (χ0n) is 9.63. The maximum absolute atomic E-state index is 5.91. The van der Waals surface area contributed by atoms with E-state index in [-0.39, 0.29) is 5.41 Å². The molecule has 0 unspecified atom stereocenters. The van der Waals surface area contributed by atoms with Crippen LogP contribution in [0.25, 0.3) is 0 Å². The minimum Gasteiger partial charge on any atom is -0.379 e. The molecule has 2 nitrogen and oxygen atoms in total. The van der Waals surface area contributed by atoms with E-state index >= 15 is 0 Å². The van der Waals surface area contributed by atoms with Gasteiger partial charge in [0.15, 0.2) is 0 Å². The molecule has 1 fully saturated rings. The monoisotopic (exact) mass is 239 g/mol. The number of halogens is 1. The van der Waals surface area contributed by atoms with Crippen molar-refractivity contribution in [3.63, 3.8) is 0 Å². The molecular formula is C13H18ClNO. The molecule has 0 atom stereocenters. The molecule has 2 rings (SSSR count). The van der Waals surface area contributed by atoms with Crippen LogP contribution in [0, 0.1) is 0 Å². The molecule has 88 valence electrons. The Kier molecular flexibility index (Phi) is 3.85. The molecule has 1 N–H and O–H groups in total. The molecule has 0 radical (unpaired) electrons. The number of hydrogen-bond donors (Lipinski definition) is 1. The van der Waals surface area contributed by atoms with Gasteiger partial charge in [-0.25, -0.2) is 0 Å². The topological polar surface area (TPSA) is 21.3 Å². The van der Waals surface area contributed by atoms with Gasteiger partial charge in [-0.3, -0.25) is 0 Å². The SMILES string of the molecule is CNCCCC1(c2ccc(Cl)cc2)COC1. The Morgan fingerprint density at radius 3 is 2.50 bits per heavy atom. The molecule has 1 aliphatic heterocycles. The van der Waals surface area contributed by atoms with Crippen LogP contribution in [0.15, 0.2) is 24.3 Å². The molecule has 0 aliphatic carbocycles. The van der Waals surface area contributed by atoms with Gasteiger partial charge in [-0.05, 0) is 44.1 Å². The minimum atomic E-state index is 0.238. The lowest BCUT2D eigenvalue weighted by Gasteiger charge is -2.42. The summed E-state index contributed by atoms with van der Waals surface area (Å²) in [6.07, 6.45) is 2.36. The quantitative estimate of drug-likeness (QED) is 0.798. The first-order chi connectivity index (χ1) is 7.77. The van der Waals surface area contributed by atoms with Crippen LogP contribution in [0.3, 0.4) is 0 Å². The maximum Gasteiger partial charge on any atom is 0.0585 e. The molecule has 1 heterocycles. The number of rotatable bonds is 5. The van der Waals surface area contributed by atoms with Gasteiger partial charge in [0.2, 0.25) is 0 Å². The van der Waals surface area contributed by atoms with E-state index < -0.39 is 0 Å². The fourth-order valence-corrected chi connectivity index (χ4v) is 2.34. The Morgan fingerprint density at radius 2 is 2.00 bits per heavy atom. The number of ether oxygens (including phenoxy) is 1. The first-order valence-electron chi connectivity index (χ1n) is 5.75. The Bertz CT molecular complexity index is 332. The Morgan fingerprint density at radius 1 is 1.31 bits per heavy atom. The van der Waals surface area contributed by atoms with Gasteiger partial charge >= 0.3 is 0 Å². The van der Waals surface area contributed by atoms with Gasteiger partial charge in [-0.1, -0.05) is 23.7 Å². The normalized spacial score (nSPS) is 18.1. The molecule has 1 aliphatic rings. The van der Waals surface area contributed by atoms with E-state index in [1.165, 1.54) is 18.4 Å². The summed E-state index contributed by atoms with van der Waals surface area (Å²) >= 11 is 5.91. The zero-order valence-corrected chi connectivity index (χ0v) is 10.4. The first kappa shape index (κ1) is 11.9. The first-order valence-corrected chi connectivity index (χ1v) is 6.13. The second-order valence-corrected chi connectivity index (χ2v) is 4.92. The Labute approximate surface area is 102 Å². The summed E-state index contributed by atoms with van der Waals surface area (Å²) in [7, 11) is 1.99. The van der Waals surface area contributed by atoms with Gasteiger partial charge in [0.25, 0.3) is 0 Å². The highest BCUT2D eigenvalue weighted by molar-refractivity contribution is 6.30. The third-order valence-corrected chi connectivity index (χ3v) is 3.55. The number of benzene rings is 1. The van der Waals surface area contributed by atoms with Gasteiger partial charge in [0.05, 0.1) is 13.2 Å². The van der Waals surface area contributed by atoms with Crippen molar-refractivity contribution in [1.29, 1.82) is 0 Å². The second kappa shape index (κ2) is 5.17. The van der Waals surface area contributed by atoms with Gasteiger partial charge in [-0.15, -0.1) is 0 Å². The van der Waals surface area contributed by atoms with E-state index in [1.54, 1.807) is 0 Å². The van der Waals surface area contributed by atoms with E-state index in [2.05, 4.69) is 17.4 Å². The predicted molar refractivity (Wildman–Crippen MR) is 67.1 cm³/mol. The number of hydrogen-bond acceptors (Lipinski definition) is 2. The van der Waals surface area contributed by atoms with Crippen LogP contribution in [0.1, 0.15) is 18.4 Å². The summed E-state index contributed by atoms with van der Waals surface area (Å²) in [6, 6.07) is 8.19. The number of nitrogens with one attached hydrogen (secondary N) is 1. The van der Waals surface area contributed by atoms with E-state index in [1.807, 2.05) is 19.2 Å². The highest BCUT2D eigenvalue weighted by atomic mass is 35.5. The molecule has 16 heavy (non-hydrogen) atoms. The molecule has 1 aromatic rings. The van der Waals surface area contributed by atoms with Gasteiger partial charge in [0.1, 0.15) is 0 Å². The fourth-order valence-electron chi connectivity index (χ4n) is 2.21. The van der Waals surface area contributed by atoms with Crippen molar-refractivity contribution in [3.8, 4) is 0 Å². The molecule has 1 aromatic carbocycles. The summed E-state index contributed by atoms with van der Waals surface area (Å²) < 4.78 is 5.40. The molecule has 0 aromatic heterocycles. The summed E-state index contributed by atoms with van der Waals surface area (Å²) in [5.41, 5.74) is 1.60. The third-order valence-electron chi connectivity index (χ3n) is 3.30. The van der Waals surface area contributed by atoms with Crippen LogP contribution >= 0.6 is 11.6 Å². The van der Waals surface area contributed by atoms with Gasteiger partial charge in [-0.2, -0.15) is 0 Å². The van der Waals surface area contributed by atoms with Gasteiger partial charge in [0, 0.05) is 10.4 Å². The van der Waals surface area contributed by atoms with Crippen LogP contribution < -0.4 is 5.32 Å².